The summed E-state index contributed by atoms with van der Waals surface area (Å²) in [4.78, 5) is 17.8. The number of aromatic nitrogens is 1. The van der Waals surface area contributed by atoms with Gasteiger partial charge >= 0.3 is 5.97 Å². The smallest absolute Gasteiger partial charge is 0.305 e. The number of methoxy groups -OCH3 is 1. The van der Waals surface area contributed by atoms with Crippen molar-refractivity contribution in [3.63, 3.8) is 0 Å². The van der Waals surface area contributed by atoms with Crippen LogP contribution in [0.3, 0.4) is 0 Å². The molecule has 2 heterocycles. The van der Waals surface area contributed by atoms with Crippen LogP contribution in [-0.2, 0) is 16.1 Å². The molecule has 1 saturated heterocycles. The van der Waals surface area contributed by atoms with Crippen LogP contribution in [0.1, 0.15) is 12.1 Å². The minimum absolute atomic E-state index is 0.0803. The van der Waals surface area contributed by atoms with Crippen LogP contribution in [0.15, 0.2) is 30.3 Å². The fourth-order valence-corrected chi connectivity index (χ4v) is 2.91. The third-order valence-electron chi connectivity index (χ3n) is 4.09. The number of carboxylic acid groups (broad SMARTS) is 1. The third kappa shape index (κ3) is 3.60. The Morgan fingerprint density at radius 2 is 2.30 bits per heavy atom. The average molecular weight is 316 g/mol. The Morgan fingerprint density at radius 3 is 3.09 bits per heavy atom. The van der Waals surface area contributed by atoms with Gasteiger partial charge in [-0.3, -0.25) is 9.69 Å². The molecule has 0 aliphatic carbocycles. The molecule has 1 aliphatic rings. The molecule has 1 fully saturated rings. The molecule has 1 aromatic carbocycles. The molecule has 0 radical (unpaired) electrons. The molecule has 0 bridgehead atoms. The van der Waals surface area contributed by atoms with Crippen molar-refractivity contribution in [2.24, 2.45) is 0 Å². The molecule has 23 heavy (non-hydrogen) atoms. The summed E-state index contributed by atoms with van der Waals surface area (Å²) in [5.74, 6) is -0.0629. The molecule has 0 amide bonds. The second-order valence-electron chi connectivity index (χ2n) is 5.63. The van der Waals surface area contributed by atoms with Gasteiger partial charge in [0, 0.05) is 24.5 Å². The van der Waals surface area contributed by atoms with Crippen molar-refractivity contribution < 1.29 is 19.4 Å². The predicted molar refractivity (Wildman–Crippen MR) is 85.6 cm³/mol. The van der Waals surface area contributed by atoms with E-state index >= 15 is 0 Å². The fourth-order valence-electron chi connectivity index (χ4n) is 2.91. The SMILES string of the molecule is COc1cccc2ccc(CN3CCOCC3CC(=O)O)nc12. The lowest BCUT2D eigenvalue weighted by atomic mass is 10.1. The predicted octanol–water partition coefficient (Wildman–Crippen LogP) is 1.92. The first-order valence-electron chi connectivity index (χ1n) is 7.63. The average Bonchev–Trinajstić information content (AvgIpc) is 2.55. The Kier molecular flexibility index (Phi) is 4.73. The summed E-state index contributed by atoms with van der Waals surface area (Å²) in [5, 5.41) is 10.1. The third-order valence-corrected chi connectivity index (χ3v) is 4.09. The van der Waals surface area contributed by atoms with Gasteiger partial charge in [0.15, 0.2) is 0 Å². The normalized spacial score (nSPS) is 18.9. The minimum atomic E-state index is -0.807. The Morgan fingerprint density at radius 1 is 1.43 bits per heavy atom. The van der Waals surface area contributed by atoms with E-state index in [9.17, 15) is 4.79 Å². The molecule has 1 aliphatic heterocycles. The molecule has 1 N–H and O–H groups in total. The van der Waals surface area contributed by atoms with Crippen molar-refractivity contribution in [3.8, 4) is 5.75 Å². The van der Waals surface area contributed by atoms with Gasteiger partial charge in [-0.15, -0.1) is 0 Å². The summed E-state index contributed by atoms with van der Waals surface area (Å²) in [6.45, 7) is 2.38. The van der Waals surface area contributed by atoms with Crippen molar-refractivity contribution in [1.82, 2.24) is 9.88 Å². The largest absolute Gasteiger partial charge is 0.494 e. The number of hydrogen-bond donors (Lipinski definition) is 1. The Bertz CT molecular complexity index is 704. The van der Waals surface area contributed by atoms with Gasteiger partial charge in [-0.2, -0.15) is 0 Å². The van der Waals surface area contributed by atoms with Gasteiger partial charge in [0.1, 0.15) is 11.3 Å². The highest BCUT2D eigenvalue weighted by atomic mass is 16.5. The van der Waals surface area contributed by atoms with E-state index in [1.807, 2.05) is 30.3 Å². The van der Waals surface area contributed by atoms with Crippen molar-refractivity contribution in [3.05, 3.63) is 36.0 Å². The fraction of sp³-hybridized carbons (Fsp3) is 0.412. The molecular formula is C17H20N2O4. The number of carbonyl (C=O) groups is 1. The maximum Gasteiger partial charge on any atom is 0.305 e. The highest BCUT2D eigenvalue weighted by Crippen LogP contribution is 2.24. The number of carboxylic acids is 1. The lowest BCUT2D eigenvalue weighted by molar-refractivity contribution is -0.140. The van der Waals surface area contributed by atoms with Gasteiger partial charge in [-0.1, -0.05) is 18.2 Å². The summed E-state index contributed by atoms with van der Waals surface area (Å²) in [5.41, 5.74) is 1.73. The van der Waals surface area contributed by atoms with Crippen molar-refractivity contribution >= 4 is 16.9 Å². The van der Waals surface area contributed by atoms with Crippen LogP contribution in [0.25, 0.3) is 10.9 Å². The quantitative estimate of drug-likeness (QED) is 0.908. The highest BCUT2D eigenvalue weighted by molar-refractivity contribution is 5.84. The van der Waals surface area contributed by atoms with Crippen LogP contribution in [0.5, 0.6) is 5.75 Å². The van der Waals surface area contributed by atoms with E-state index in [1.54, 1.807) is 7.11 Å². The number of fused-ring (bicyclic) bond motifs is 1. The Labute approximate surface area is 134 Å². The van der Waals surface area contributed by atoms with Crippen LogP contribution in [0, 0.1) is 0 Å². The Hall–Kier alpha value is -2.18. The van der Waals surface area contributed by atoms with Gasteiger partial charge < -0.3 is 14.6 Å². The monoisotopic (exact) mass is 316 g/mol. The summed E-state index contributed by atoms with van der Waals surface area (Å²) in [6, 6.07) is 9.71. The van der Waals surface area contributed by atoms with E-state index in [-0.39, 0.29) is 12.5 Å². The second kappa shape index (κ2) is 6.93. The Balaban J connectivity index is 1.83. The summed E-state index contributed by atoms with van der Waals surface area (Å²) < 4.78 is 10.8. The van der Waals surface area contributed by atoms with Gasteiger partial charge in [0.2, 0.25) is 0 Å². The lowest BCUT2D eigenvalue weighted by Gasteiger charge is -2.34. The first-order valence-corrected chi connectivity index (χ1v) is 7.63. The van der Waals surface area contributed by atoms with E-state index in [4.69, 9.17) is 19.6 Å². The number of nitrogens with zero attached hydrogens (tertiary/aromatic N) is 2. The van der Waals surface area contributed by atoms with Gasteiger partial charge in [0.25, 0.3) is 0 Å². The molecule has 1 unspecified atom stereocenters. The van der Waals surface area contributed by atoms with Crippen LogP contribution < -0.4 is 4.74 Å². The number of ether oxygens (including phenoxy) is 2. The molecular weight excluding hydrogens is 296 g/mol. The standard InChI is InChI=1S/C17H20N2O4/c1-22-15-4-2-3-12-5-6-13(18-17(12)15)10-19-7-8-23-11-14(19)9-16(20)21/h2-6,14H,7-11H2,1H3,(H,20,21). The first kappa shape index (κ1) is 15.7. The molecule has 1 atom stereocenters. The summed E-state index contributed by atoms with van der Waals surface area (Å²) in [6.07, 6.45) is 0.0803. The molecule has 3 rings (SSSR count). The number of aliphatic carboxylic acids is 1. The minimum Gasteiger partial charge on any atom is -0.494 e. The van der Waals surface area contributed by atoms with Crippen LogP contribution >= 0.6 is 0 Å². The zero-order chi connectivity index (χ0) is 16.2. The lowest BCUT2D eigenvalue weighted by Crippen LogP contribution is -2.46. The van der Waals surface area contributed by atoms with Gasteiger partial charge in [-0.25, -0.2) is 4.98 Å². The van der Waals surface area contributed by atoms with Crippen LogP contribution in [0.4, 0.5) is 0 Å². The first-order chi connectivity index (χ1) is 11.2. The van der Waals surface area contributed by atoms with Crippen LogP contribution in [0.2, 0.25) is 0 Å². The maximum absolute atomic E-state index is 11.0. The van der Waals surface area contributed by atoms with Crippen molar-refractivity contribution in [2.75, 3.05) is 26.9 Å². The highest BCUT2D eigenvalue weighted by Gasteiger charge is 2.25. The number of benzene rings is 1. The van der Waals surface area contributed by atoms with E-state index in [1.165, 1.54) is 0 Å². The molecule has 1 aromatic heterocycles. The summed E-state index contributed by atoms with van der Waals surface area (Å²) in [7, 11) is 1.63. The zero-order valence-electron chi connectivity index (χ0n) is 13.1. The van der Waals surface area contributed by atoms with Gasteiger partial charge in [-0.05, 0) is 12.1 Å². The molecule has 2 aromatic rings. The number of rotatable bonds is 5. The molecule has 6 nitrogen and oxygen atoms in total. The van der Waals surface area contributed by atoms with Crippen LogP contribution in [-0.4, -0.2) is 53.9 Å². The molecule has 122 valence electrons. The number of hydrogen-bond acceptors (Lipinski definition) is 5. The number of pyridine rings is 1. The zero-order valence-corrected chi connectivity index (χ0v) is 13.1. The van der Waals surface area contributed by atoms with E-state index < -0.39 is 5.97 Å². The topological polar surface area (TPSA) is 71.9 Å². The maximum atomic E-state index is 11.0. The second-order valence-corrected chi connectivity index (χ2v) is 5.63. The van der Waals surface area contributed by atoms with Gasteiger partial charge in [0.05, 0.1) is 32.4 Å². The number of morpholine rings is 1. The molecule has 0 saturated carbocycles. The van der Waals surface area contributed by atoms with Crippen molar-refractivity contribution in [2.45, 2.75) is 19.0 Å². The molecule has 0 spiro atoms. The summed E-state index contributed by atoms with van der Waals surface area (Å²) >= 11 is 0. The van der Waals surface area contributed by atoms with E-state index in [0.29, 0.717) is 26.3 Å². The number of para-hydroxylation sites is 1. The molecule has 6 heteroatoms. The van der Waals surface area contributed by atoms with E-state index in [2.05, 4.69) is 4.90 Å². The van der Waals surface area contributed by atoms with E-state index in [0.717, 1.165) is 22.3 Å². The van der Waals surface area contributed by atoms with Crippen molar-refractivity contribution in [1.29, 1.82) is 0 Å².